The first-order chi connectivity index (χ1) is 12.2. The van der Waals surface area contributed by atoms with Crippen molar-refractivity contribution in [1.29, 1.82) is 0 Å². The molecule has 0 aliphatic carbocycles. The third kappa shape index (κ3) is 3.90. The lowest BCUT2D eigenvalue weighted by Gasteiger charge is -2.41. The number of halogens is 1. The monoisotopic (exact) mass is 376 g/mol. The van der Waals surface area contributed by atoms with Crippen molar-refractivity contribution in [2.24, 2.45) is 0 Å². The van der Waals surface area contributed by atoms with Gasteiger partial charge in [-0.3, -0.25) is 4.79 Å². The lowest BCUT2D eigenvalue weighted by molar-refractivity contribution is -0.127. The third-order valence-electron chi connectivity index (χ3n) is 4.85. The molecule has 1 aromatic carbocycles. The number of rotatable bonds is 5. The Labute approximate surface area is 160 Å². The third-order valence-corrected chi connectivity index (χ3v) is 4.85. The molecule has 1 aromatic heterocycles. The Hall–Kier alpha value is -2.34. The highest BCUT2D eigenvalue weighted by atomic mass is 35.5. The Morgan fingerprint density at radius 1 is 1.23 bits per heavy atom. The second-order valence-corrected chi connectivity index (χ2v) is 6.21. The molecule has 26 heavy (non-hydrogen) atoms. The summed E-state index contributed by atoms with van der Waals surface area (Å²) in [4.78, 5) is 23.7. The summed E-state index contributed by atoms with van der Waals surface area (Å²) >= 11 is 0. The second kappa shape index (κ2) is 8.85. The Kier molecular flexibility index (Phi) is 6.80. The first-order valence-corrected chi connectivity index (χ1v) is 8.64. The molecule has 7 heteroatoms. The molecule has 0 atom stereocenters. The fourth-order valence-corrected chi connectivity index (χ4v) is 3.44. The predicted molar refractivity (Wildman–Crippen MR) is 104 cm³/mol. The van der Waals surface area contributed by atoms with Crippen LogP contribution in [0.1, 0.15) is 25.3 Å². The van der Waals surface area contributed by atoms with E-state index in [-0.39, 0.29) is 18.3 Å². The highest BCUT2D eigenvalue weighted by molar-refractivity contribution is 5.88. The number of carbonyl (C=O) groups is 1. The molecule has 1 aliphatic heterocycles. The summed E-state index contributed by atoms with van der Waals surface area (Å²) in [6.45, 7) is 4.04. The summed E-state index contributed by atoms with van der Waals surface area (Å²) in [6, 6.07) is 9.66. The van der Waals surface area contributed by atoms with Gasteiger partial charge in [-0.1, -0.05) is 12.1 Å². The molecule has 0 bridgehead atoms. The Morgan fingerprint density at radius 2 is 1.92 bits per heavy atom. The fraction of sp³-hybridized carbons (Fsp3) is 0.421. The topological polar surface area (TPSA) is 67.3 Å². The molecule has 0 saturated carbocycles. The summed E-state index contributed by atoms with van der Waals surface area (Å²) in [6.07, 6.45) is 4.92. The first kappa shape index (κ1) is 20.0. The molecule has 0 spiro atoms. The van der Waals surface area contributed by atoms with Crippen LogP contribution in [0.3, 0.4) is 0 Å². The minimum Gasteiger partial charge on any atom is -0.497 e. The fourth-order valence-electron chi connectivity index (χ4n) is 3.44. The van der Waals surface area contributed by atoms with E-state index in [1.807, 2.05) is 37.3 Å². The average molecular weight is 377 g/mol. The highest BCUT2D eigenvalue weighted by Gasteiger charge is 2.43. The van der Waals surface area contributed by atoms with Gasteiger partial charge < -0.3 is 15.0 Å². The highest BCUT2D eigenvalue weighted by Crippen LogP contribution is 2.38. The largest absolute Gasteiger partial charge is 0.497 e. The lowest BCUT2D eigenvalue weighted by atomic mass is 9.72. The minimum atomic E-state index is -0.546. The van der Waals surface area contributed by atoms with Crippen molar-refractivity contribution in [2.45, 2.75) is 25.2 Å². The Morgan fingerprint density at radius 3 is 2.54 bits per heavy atom. The van der Waals surface area contributed by atoms with Gasteiger partial charge in [0.05, 0.1) is 12.5 Å². The summed E-state index contributed by atoms with van der Waals surface area (Å²) in [7, 11) is 1.65. The van der Waals surface area contributed by atoms with Crippen molar-refractivity contribution in [2.75, 3.05) is 31.6 Å². The van der Waals surface area contributed by atoms with Crippen LogP contribution in [0.2, 0.25) is 0 Å². The molecule has 0 radical (unpaired) electrons. The maximum Gasteiger partial charge on any atom is 0.230 e. The molecule has 1 N–H and O–H groups in total. The number of nitrogens with zero attached hydrogens (tertiary/aromatic N) is 3. The molecule has 1 aliphatic rings. The smallest absolute Gasteiger partial charge is 0.230 e. The summed E-state index contributed by atoms with van der Waals surface area (Å²) in [5, 5.41) is 3.02. The number of hydrogen-bond acceptors (Lipinski definition) is 5. The number of benzene rings is 1. The molecule has 2 aromatic rings. The van der Waals surface area contributed by atoms with E-state index in [1.54, 1.807) is 19.5 Å². The van der Waals surface area contributed by atoms with Crippen molar-refractivity contribution >= 4 is 24.3 Å². The molecule has 0 unspecified atom stereocenters. The summed E-state index contributed by atoms with van der Waals surface area (Å²) in [5.41, 5.74) is 0.460. The zero-order valence-corrected chi connectivity index (χ0v) is 16.0. The maximum atomic E-state index is 13.0. The van der Waals surface area contributed by atoms with Gasteiger partial charge in [0.25, 0.3) is 0 Å². The number of piperidine rings is 1. The van der Waals surface area contributed by atoms with Gasteiger partial charge >= 0.3 is 0 Å². The van der Waals surface area contributed by atoms with Crippen molar-refractivity contribution in [3.05, 3.63) is 48.3 Å². The van der Waals surface area contributed by atoms with E-state index in [9.17, 15) is 4.79 Å². The van der Waals surface area contributed by atoms with E-state index >= 15 is 0 Å². The molecule has 1 amide bonds. The predicted octanol–water partition coefficient (Wildman–Crippen LogP) is 2.58. The van der Waals surface area contributed by atoms with E-state index < -0.39 is 5.41 Å². The molecule has 1 saturated heterocycles. The van der Waals surface area contributed by atoms with Crippen molar-refractivity contribution in [1.82, 2.24) is 15.3 Å². The first-order valence-electron chi connectivity index (χ1n) is 8.64. The molecule has 1 fully saturated rings. The van der Waals surface area contributed by atoms with Crippen LogP contribution in [0.15, 0.2) is 42.7 Å². The zero-order chi connectivity index (χ0) is 17.7. The van der Waals surface area contributed by atoms with E-state index in [0.29, 0.717) is 19.4 Å². The lowest BCUT2D eigenvalue weighted by Crippen LogP contribution is -2.52. The quantitative estimate of drug-likeness (QED) is 0.868. The van der Waals surface area contributed by atoms with Gasteiger partial charge in [0.1, 0.15) is 5.75 Å². The van der Waals surface area contributed by atoms with Crippen LogP contribution in [0, 0.1) is 0 Å². The van der Waals surface area contributed by atoms with Crippen LogP contribution < -0.4 is 15.0 Å². The SMILES string of the molecule is CCNC(=O)C1(c2cccc(OC)c2)CCN(c2ncccn2)CC1.Cl. The van der Waals surface area contributed by atoms with Crippen LogP contribution in [-0.2, 0) is 10.2 Å². The van der Waals surface area contributed by atoms with Gasteiger partial charge in [-0.15, -0.1) is 12.4 Å². The van der Waals surface area contributed by atoms with Crippen LogP contribution in [0.25, 0.3) is 0 Å². The van der Waals surface area contributed by atoms with Crippen molar-refractivity contribution in [3.63, 3.8) is 0 Å². The van der Waals surface area contributed by atoms with Crippen LogP contribution in [0.4, 0.5) is 5.95 Å². The average Bonchev–Trinajstić information content (AvgIpc) is 2.69. The number of ether oxygens (including phenoxy) is 1. The van der Waals surface area contributed by atoms with Gasteiger partial charge in [0.15, 0.2) is 0 Å². The molecule has 3 rings (SSSR count). The minimum absolute atomic E-state index is 0. The number of likely N-dealkylation sites (N-methyl/N-ethyl adjacent to an activating group) is 1. The standard InChI is InChI=1S/C19H24N4O2.ClH/c1-3-20-17(24)19(15-6-4-7-16(14-15)25-2)8-12-23(13-9-19)18-21-10-5-11-22-18;/h4-7,10-11,14H,3,8-9,12-13H2,1-2H3,(H,20,24);1H. The molecular weight excluding hydrogens is 352 g/mol. The van der Waals surface area contributed by atoms with Gasteiger partial charge in [-0.05, 0) is 43.5 Å². The zero-order valence-electron chi connectivity index (χ0n) is 15.1. The van der Waals surface area contributed by atoms with Gasteiger partial charge in [0, 0.05) is 32.0 Å². The normalized spacial score (nSPS) is 15.7. The molecule has 6 nitrogen and oxygen atoms in total. The number of nitrogens with one attached hydrogen (secondary N) is 1. The van der Waals surface area contributed by atoms with Gasteiger partial charge in [0.2, 0.25) is 11.9 Å². The van der Waals surface area contributed by atoms with Crippen LogP contribution in [-0.4, -0.2) is 42.6 Å². The number of anilines is 1. The Bertz CT molecular complexity index is 718. The second-order valence-electron chi connectivity index (χ2n) is 6.21. The Balaban J connectivity index is 0.00000243. The number of carbonyl (C=O) groups excluding carboxylic acids is 1. The summed E-state index contributed by atoms with van der Waals surface area (Å²) in [5.74, 6) is 1.57. The number of amides is 1. The van der Waals surface area contributed by atoms with E-state index in [1.165, 1.54) is 0 Å². The molecular formula is C19H25ClN4O2. The van der Waals surface area contributed by atoms with Crippen LogP contribution in [0.5, 0.6) is 5.75 Å². The van der Waals surface area contributed by atoms with Crippen molar-refractivity contribution in [3.8, 4) is 5.75 Å². The molecule has 140 valence electrons. The van der Waals surface area contributed by atoms with Crippen LogP contribution >= 0.6 is 12.4 Å². The van der Waals surface area contributed by atoms with E-state index in [2.05, 4.69) is 20.2 Å². The summed E-state index contributed by atoms with van der Waals surface area (Å²) < 4.78 is 5.36. The van der Waals surface area contributed by atoms with Gasteiger partial charge in [-0.25, -0.2) is 9.97 Å². The van der Waals surface area contributed by atoms with E-state index in [4.69, 9.17) is 4.74 Å². The van der Waals surface area contributed by atoms with Crippen molar-refractivity contribution < 1.29 is 9.53 Å². The van der Waals surface area contributed by atoms with E-state index in [0.717, 1.165) is 30.4 Å². The number of hydrogen-bond donors (Lipinski definition) is 1. The molecule has 2 heterocycles. The number of methoxy groups -OCH3 is 1. The van der Waals surface area contributed by atoms with Gasteiger partial charge in [-0.2, -0.15) is 0 Å². The maximum absolute atomic E-state index is 13.0. The number of aromatic nitrogens is 2.